The Kier molecular flexibility index (Phi) is 2.53. The van der Waals surface area contributed by atoms with Crippen LogP contribution in [0.25, 0.3) is 10.9 Å². The van der Waals surface area contributed by atoms with Crippen LogP contribution in [0.2, 0.25) is 5.02 Å². The molecule has 1 heterocycles. The number of pyridine rings is 1. The van der Waals surface area contributed by atoms with Gasteiger partial charge in [-0.1, -0.05) is 11.6 Å². The standard InChI is InChI=1S/C12H12ClNO/c1-3-14-8(2)6-12(15)10-5-4-9(13)7-11(10)14/h4-7H,3H2,1-2H3. The lowest BCUT2D eigenvalue weighted by Gasteiger charge is -2.12. The van der Waals surface area contributed by atoms with E-state index in [1.165, 1.54) is 0 Å². The van der Waals surface area contributed by atoms with Crippen molar-refractivity contribution in [1.29, 1.82) is 0 Å². The molecule has 0 saturated heterocycles. The average Bonchev–Trinajstić information content (AvgIpc) is 2.17. The van der Waals surface area contributed by atoms with Gasteiger partial charge in [0.1, 0.15) is 0 Å². The third kappa shape index (κ3) is 1.65. The Bertz CT molecular complexity index is 572. The Morgan fingerprint density at radius 2 is 2.07 bits per heavy atom. The van der Waals surface area contributed by atoms with Gasteiger partial charge in [-0.05, 0) is 32.0 Å². The van der Waals surface area contributed by atoms with Crippen LogP contribution in [0.4, 0.5) is 0 Å². The van der Waals surface area contributed by atoms with Gasteiger partial charge in [0.25, 0.3) is 0 Å². The van der Waals surface area contributed by atoms with Crippen molar-refractivity contribution in [3.63, 3.8) is 0 Å². The molecule has 0 aliphatic carbocycles. The average molecular weight is 222 g/mol. The van der Waals surface area contributed by atoms with Crippen LogP contribution in [0.5, 0.6) is 0 Å². The second-order valence-electron chi connectivity index (χ2n) is 3.56. The van der Waals surface area contributed by atoms with E-state index in [4.69, 9.17) is 11.6 Å². The molecule has 1 aromatic carbocycles. The predicted molar refractivity (Wildman–Crippen MR) is 63.6 cm³/mol. The van der Waals surface area contributed by atoms with Gasteiger partial charge in [0, 0.05) is 28.7 Å². The highest BCUT2D eigenvalue weighted by Gasteiger charge is 2.05. The van der Waals surface area contributed by atoms with Crippen LogP contribution in [-0.2, 0) is 6.54 Å². The van der Waals surface area contributed by atoms with E-state index in [2.05, 4.69) is 11.5 Å². The first-order valence-electron chi connectivity index (χ1n) is 4.93. The van der Waals surface area contributed by atoms with Crippen molar-refractivity contribution in [3.05, 3.63) is 45.2 Å². The third-order valence-corrected chi connectivity index (χ3v) is 2.83. The van der Waals surface area contributed by atoms with Crippen LogP contribution >= 0.6 is 11.6 Å². The summed E-state index contributed by atoms with van der Waals surface area (Å²) >= 11 is 5.94. The van der Waals surface area contributed by atoms with E-state index >= 15 is 0 Å². The molecule has 15 heavy (non-hydrogen) atoms. The number of fused-ring (bicyclic) bond motifs is 1. The van der Waals surface area contributed by atoms with Gasteiger partial charge in [-0.25, -0.2) is 0 Å². The number of aryl methyl sites for hydroxylation is 2. The normalized spacial score (nSPS) is 10.9. The van der Waals surface area contributed by atoms with Crippen LogP contribution < -0.4 is 5.43 Å². The first-order valence-corrected chi connectivity index (χ1v) is 5.31. The first-order chi connectivity index (χ1) is 7.13. The lowest BCUT2D eigenvalue weighted by Crippen LogP contribution is -2.10. The van der Waals surface area contributed by atoms with Gasteiger partial charge in [0.2, 0.25) is 0 Å². The molecule has 2 rings (SSSR count). The molecule has 2 aromatic rings. The zero-order valence-corrected chi connectivity index (χ0v) is 9.51. The van der Waals surface area contributed by atoms with Gasteiger partial charge in [-0.15, -0.1) is 0 Å². The Morgan fingerprint density at radius 1 is 1.33 bits per heavy atom. The Balaban J connectivity index is 2.98. The minimum absolute atomic E-state index is 0.0591. The van der Waals surface area contributed by atoms with Crippen molar-refractivity contribution in [2.24, 2.45) is 0 Å². The van der Waals surface area contributed by atoms with E-state index in [0.717, 1.165) is 23.1 Å². The zero-order valence-electron chi connectivity index (χ0n) is 8.75. The van der Waals surface area contributed by atoms with Crippen LogP contribution in [0, 0.1) is 6.92 Å². The van der Waals surface area contributed by atoms with Crippen molar-refractivity contribution < 1.29 is 0 Å². The quantitative estimate of drug-likeness (QED) is 0.726. The van der Waals surface area contributed by atoms with Gasteiger partial charge < -0.3 is 4.57 Å². The molecule has 3 heteroatoms. The monoisotopic (exact) mass is 221 g/mol. The maximum atomic E-state index is 11.7. The molecule has 0 aliphatic rings. The highest BCUT2D eigenvalue weighted by atomic mass is 35.5. The number of benzene rings is 1. The fraction of sp³-hybridized carbons (Fsp3) is 0.250. The van der Waals surface area contributed by atoms with Crippen molar-refractivity contribution in [2.45, 2.75) is 20.4 Å². The first kappa shape index (κ1) is 10.2. The zero-order chi connectivity index (χ0) is 11.0. The van der Waals surface area contributed by atoms with Gasteiger partial charge in [0.05, 0.1) is 5.52 Å². The molecule has 0 bridgehead atoms. The highest BCUT2D eigenvalue weighted by Crippen LogP contribution is 2.18. The van der Waals surface area contributed by atoms with Crippen molar-refractivity contribution in [1.82, 2.24) is 4.57 Å². The molecule has 0 atom stereocenters. The summed E-state index contributed by atoms with van der Waals surface area (Å²) in [5, 5.41) is 1.39. The molecular formula is C12H12ClNO. The summed E-state index contributed by atoms with van der Waals surface area (Å²) in [4.78, 5) is 11.7. The summed E-state index contributed by atoms with van der Waals surface area (Å²) in [6, 6.07) is 7.04. The molecule has 0 aliphatic heterocycles. The number of aromatic nitrogens is 1. The minimum atomic E-state index is 0.0591. The van der Waals surface area contributed by atoms with E-state index in [-0.39, 0.29) is 5.43 Å². The van der Waals surface area contributed by atoms with Gasteiger partial charge in [-0.2, -0.15) is 0 Å². The molecule has 78 valence electrons. The maximum Gasteiger partial charge on any atom is 0.189 e. The van der Waals surface area contributed by atoms with Crippen molar-refractivity contribution in [2.75, 3.05) is 0 Å². The van der Waals surface area contributed by atoms with Gasteiger partial charge in [0.15, 0.2) is 5.43 Å². The summed E-state index contributed by atoms with van der Waals surface area (Å²) in [7, 11) is 0. The molecule has 0 saturated carbocycles. The van der Waals surface area contributed by atoms with Gasteiger partial charge in [-0.3, -0.25) is 4.79 Å². The SMILES string of the molecule is CCn1c(C)cc(=O)c2ccc(Cl)cc21. The van der Waals surface area contributed by atoms with Crippen molar-refractivity contribution >= 4 is 22.5 Å². The summed E-state index contributed by atoms with van der Waals surface area (Å²) in [5.41, 5.74) is 1.94. The summed E-state index contributed by atoms with van der Waals surface area (Å²) in [5.74, 6) is 0. The molecule has 2 nitrogen and oxygen atoms in total. The molecule has 0 fully saturated rings. The Morgan fingerprint density at radius 3 is 2.73 bits per heavy atom. The predicted octanol–water partition coefficient (Wildman–Crippen LogP) is 2.98. The second kappa shape index (κ2) is 3.70. The third-order valence-electron chi connectivity index (χ3n) is 2.60. The van der Waals surface area contributed by atoms with Crippen LogP contribution in [0.1, 0.15) is 12.6 Å². The van der Waals surface area contributed by atoms with Crippen LogP contribution in [0.15, 0.2) is 29.1 Å². The lowest BCUT2D eigenvalue weighted by atomic mass is 10.2. The topological polar surface area (TPSA) is 22.0 Å². The molecular weight excluding hydrogens is 210 g/mol. The number of hydrogen-bond acceptors (Lipinski definition) is 1. The molecule has 0 unspecified atom stereocenters. The maximum absolute atomic E-state index is 11.7. The van der Waals surface area contributed by atoms with E-state index in [1.807, 2.05) is 13.0 Å². The van der Waals surface area contributed by atoms with E-state index in [1.54, 1.807) is 18.2 Å². The number of rotatable bonds is 1. The fourth-order valence-electron chi connectivity index (χ4n) is 1.89. The number of nitrogens with zero attached hydrogens (tertiary/aromatic N) is 1. The smallest absolute Gasteiger partial charge is 0.189 e. The second-order valence-corrected chi connectivity index (χ2v) is 3.99. The Labute approximate surface area is 93.1 Å². The highest BCUT2D eigenvalue weighted by molar-refractivity contribution is 6.31. The summed E-state index contributed by atoms with van der Waals surface area (Å²) in [6.07, 6.45) is 0. The number of hydrogen-bond donors (Lipinski definition) is 0. The molecule has 0 N–H and O–H groups in total. The summed E-state index contributed by atoms with van der Waals surface area (Å²) in [6.45, 7) is 4.83. The minimum Gasteiger partial charge on any atom is -0.345 e. The Hall–Kier alpha value is -1.28. The van der Waals surface area contributed by atoms with E-state index < -0.39 is 0 Å². The molecule has 0 amide bonds. The van der Waals surface area contributed by atoms with Gasteiger partial charge >= 0.3 is 0 Å². The number of halogens is 1. The molecule has 1 aromatic heterocycles. The van der Waals surface area contributed by atoms with E-state index in [9.17, 15) is 4.79 Å². The fourth-order valence-corrected chi connectivity index (χ4v) is 2.06. The van der Waals surface area contributed by atoms with Crippen molar-refractivity contribution in [3.8, 4) is 0 Å². The van der Waals surface area contributed by atoms with E-state index in [0.29, 0.717) is 5.02 Å². The lowest BCUT2D eigenvalue weighted by molar-refractivity contribution is 0.758. The summed E-state index contributed by atoms with van der Waals surface area (Å²) < 4.78 is 2.09. The van der Waals surface area contributed by atoms with Crippen LogP contribution in [0.3, 0.4) is 0 Å². The molecule has 0 radical (unpaired) electrons. The van der Waals surface area contributed by atoms with Crippen LogP contribution in [-0.4, -0.2) is 4.57 Å². The molecule has 0 spiro atoms. The largest absolute Gasteiger partial charge is 0.345 e.